The molecule has 1 unspecified atom stereocenters. The third kappa shape index (κ3) is 4.41. The first kappa shape index (κ1) is 13.5. The first-order valence-corrected chi connectivity index (χ1v) is 7.38. The van der Waals surface area contributed by atoms with E-state index in [1.54, 1.807) is 6.26 Å². The van der Waals surface area contributed by atoms with Crippen molar-refractivity contribution in [3.05, 3.63) is 24.2 Å². The summed E-state index contributed by atoms with van der Waals surface area (Å²) in [4.78, 5) is 4.56. The molecule has 0 spiro atoms. The van der Waals surface area contributed by atoms with E-state index in [4.69, 9.17) is 4.42 Å². The van der Waals surface area contributed by atoms with Crippen LogP contribution < -0.4 is 5.32 Å². The number of thioether (sulfide) groups is 1. The predicted octanol–water partition coefficient (Wildman–Crippen LogP) is 3.32. The van der Waals surface area contributed by atoms with Crippen molar-refractivity contribution in [3.63, 3.8) is 0 Å². The number of furan rings is 1. The quantitative estimate of drug-likeness (QED) is 0.908. The predicted molar refractivity (Wildman–Crippen MR) is 78.2 cm³/mol. The van der Waals surface area contributed by atoms with Crippen molar-refractivity contribution in [2.45, 2.75) is 38.9 Å². The van der Waals surface area contributed by atoms with Gasteiger partial charge in [0.25, 0.3) is 0 Å². The van der Waals surface area contributed by atoms with Gasteiger partial charge in [-0.1, -0.05) is 32.5 Å². The molecule has 0 fully saturated rings. The molecule has 1 aromatic heterocycles. The first-order chi connectivity index (χ1) is 8.53. The third-order valence-corrected chi connectivity index (χ3v) is 3.93. The fourth-order valence-corrected chi connectivity index (χ4v) is 3.43. The molecule has 4 heteroatoms. The van der Waals surface area contributed by atoms with Gasteiger partial charge in [-0.3, -0.25) is 4.99 Å². The number of amidine groups is 1. The number of aliphatic imine (C=N–C) groups is 1. The summed E-state index contributed by atoms with van der Waals surface area (Å²) in [6, 6.07) is 3.93. The molecule has 1 atom stereocenters. The van der Waals surface area contributed by atoms with Crippen LogP contribution in [0.5, 0.6) is 0 Å². The molecule has 0 saturated heterocycles. The Morgan fingerprint density at radius 3 is 3.00 bits per heavy atom. The van der Waals surface area contributed by atoms with Crippen LogP contribution in [-0.4, -0.2) is 23.5 Å². The summed E-state index contributed by atoms with van der Waals surface area (Å²) in [7, 11) is 0. The maximum absolute atomic E-state index is 5.30. The number of nitrogens with zero attached hydrogens (tertiary/aromatic N) is 1. The average molecular weight is 266 g/mol. The molecule has 1 N–H and O–H groups in total. The first-order valence-electron chi connectivity index (χ1n) is 6.50. The standard InChI is InChI=1S/C14H22N2OS/c1-14(2,3)9-12-10-16-13(18-12)15-7-6-11-5-4-8-17-11/h4-5,8,12H,6-7,9-10H2,1-3H3,(H,15,16). The zero-order valence-electron chi connectivity index (χ0n) is 11.4. The second-order valence-electron chi connectivity index (χ2n) is 5.91. The van der Waals surface area contributed by atoms with Gasteiger partial charge in [0.2, 0.25) is 0 Å². The van der Waals surface area contributed by atoms with E-state index in [0.717, 1.165) is 30.4 Å². The Balaban J connectivity index is 1.66. The van der Waals surface area contributed by atoms with E-state index >= 15 is 0 Å². The SMILES string of the molecule is CC(C)(C)CC1CN=C(NCCc2ccco2)S1. The van der Waals surface area contributed by atoms with Gasteiger partial charge in [0.15, 0.2) is 5.17 Å². The minimum atomic E-state index is 0.386. The molecule has 1 aliphatic heterocycles. The van der Waals surface area contributed by atoms with Gasteiger partial charge >= 0.3 is 0 Å². The second-order valence-corrected chi connectivity index (χ2v) is 7.20. The highest BCUT2D eigenvalue weighted by atomic mass is 32.2. The van der Waals surface area contributed by atoms with Gasteiger partial charge in [-0.25, -0.2) is 0 Å². The van der Waals surface area contributed by atoms with Crippen LogP contribution in [0.25, 0.3) is 0 Å². The maximum Gasteiger partial charge on any atom is 0.156 e. The molecule has 0 saturated carbocycles. The number of nitrogens with one attached hydrogen (secondary N) is 1. The molecule has 1 aromatic rings. The third-order valence-electron chi connectivity index (χ3n) is 2.78. The molecule has 3 nitrogen and oxygen atoms in total. The van der Waals surface area contributed by atoms with Crippen molar-refractivity contribution < 1.29 is 4.42 Å². The Morgan fingerprint density at radius 1 is 1.50 bits per heavy atom. The van der Waals surface area contributed by atoms with E-state index in [1.807, 2.05) is 23.9 Å². The van der Waals surface area contributed by atoms with Gasteiger partial charge in [-0.05, 0) is 24.0 Å². The van der Waals surface area contributed by atoms with Crippen LogP contribution in [0, 0.1) is 5.41 Å². The van der Waals surface area contributed by atoms with Crippen molar-refractivity contribution in [1.82, 2.24) is 5.32 Å². The number of hydrogen-bond acceptors (Lipinski definition) is 4. The van der Waals surface area contributed by atoms with Crippen LogP contribution in [0.2, 0.25) is 0 Å². The lowest BCUT2D eigenvalue weighted by Gasteiger charge is -2.21. The fraction of sp³-hybridized carbons (Fsp3) is 0.643. The van der Waals surface area contributed by atoms with E-state index in [2.05, 4.69) is 31.1 Å². The van der Waals surface area contributed by atoms with E-state index in [9.17, 15) is 0 Å². The van der Waals surface area contributed by atoms with Crippen LogP contribution >= 0.6 is 11.8 Å². The van der Waals surface area contributed by atoms with Gasteiger partial charge in [0, 0.05) is 18.2 Å². The van der Waals surface area contributed by atoms with Crippen molar-refractivity contribution in [2.24, 2.45) is 10.4 Å². The highest BCUT2D eigenvalue weighted by Crippen LogP contribution is 2.31. The van der Waals surface area contributed by atoms with Crippen molar-refractivity contribution in [1.29, 1.82) is 0 Å². The topological polar surface area (TPSA) is 37.5 Å². The summed E-state index contributed by atoms with van der Waals surface area (Å²) in [5, 5.41) is 5.12. The lowest BCUT2D eigenvalue weighted by atomic mass is 9.90. The summed E-state index contributed by atoms with van der Waals surface area (Å²) in [5.41, 5.74) is 0.386. The summed E-state index contributed by atoms with van der Waals surface area (Å²) in [5.74, 6) is 1.03. The monoisotopic (exact) mass is 266 g/mol. The Bertz CT molecular complexity index is 392. The van der Waals surface area contributed by atoms with E-state index < -0.39 is 0 Å². The molecule has 0 bridgehead atoms. The van der Waals surface area contributed by atoms with Gasteiger partial charge in [0.05, 0.1) is 12.8 Å². The smallest absolute Gasteiger partial charge is 0.156 e. The lowest BCUT2D eigenvalue weighted by molar-refractivity contribution is 0.375. The van der Waals surface area contributed by atoms with Crippen LogP contribution in [0.4, 0.5) is 0 Å². The number of hydrogen-bond donors (Lipinski definition) is 1. The van der Waals surface area contributed by atoms with Gasteiger partial charge in [-0.2, -0.15) is 0 Å². The average Bonchev–Trinajstić information content (AvgIpc) is 2.88. The fourth-order valence-electron chi connectivity index (χ4n) is 2.05. The maximum atomic E-state index is 5.30. The molecular formula is C14H22N2OS. The van der Waals surface area contributed by atoms with Crippen molar-refractivity contribution >= 4 is 16.9 Å². The highest BCUT2D eigenvalue weighted by Gasteiger charge is 2.24. The second kappa shape index (κ2) is 5.83. The van der Waals surface area contributed by atoms with E-state index in [0.29, 0.717) is 10.7 Å². The minimum absolute atomic E-state index is 0.386. The van der Waals surface area contributed by atoms with Crippen LogP contribution in [0.1, 0.15) is 33.0 Å². The zero-order valence-corrected chi connectivity index (χ0v) is 12.2. The van der Waals surface area contributed by atoms with E-state index in [-0.39, 0.29) is 0 Å². The molecule has 2 heterocycles. The Morgan fingerprint density at radius 2 is 2.33 bits per heavy atom. The molecular weight excluding hydrogens is 244 g/mol. The normalized spacial score (nSPS) is 19.9. The number of rotatable bonds is 4. The Kier molecular flexibility index (Phi) is 4.38. The molecule has 0 aliphatic carbocycles. The molecule has 18 heavy (non-hydrogen) atoms. The molecule has 0 aromatic carbocycles. The van der Waals surface area contributed by atoms with Crippen molar-refractivity contribution in [3.8, 4) is 0 Å². The summed E-state index contributed by atoms with van der Waals surface area (Å²) in [6.45, 7) is 8.70. The van der Waals surface area contributed by atoms with Crippen LogP contribution in [0.3, 0.4) is 0 Å². The molecule has 0 amide bonds. The van der Waals surface area contributed by atoms with Gasteiger partial charge in [0.1, 0.15) is 5.76 Å². The van der Waals surface area contributed by atoms with E-state index in [1.165, 1.54) is 6.42 Å². The zero-order chi connectivity index (χ0) is 13.0. The van der Waals surface area contributed by atoms with Crippen LogP contribution in [-0.2, 0) is 6.42 Å². The lowest BCUT2D eigenvalue weighted by Crippen LogP contribution is -2.23. The molecule has 100 valence electrons. The molecule has 0 radical (unpaired) electrons. The van der Waals surface area contributed by atoms with Gasteiger partial charge in [-0.15, -0.1) is 0 Å². The van der Waals surface area contributed by atoms with Crippen LogP contribution in [0.15, 0.2) is 27.8 Å². The largest absolute Gasteiger partial charge is 0.469 e. The Labute approximate surface area is 113 Å². The van der Waals surface area contributed by atoms with Gasteiger partial charge < -0.3 is 9.73 Å². The summed E-state index contributed by atoms with van der Waals surface area (Å²) < 4.78 is 5.30. The Hall–Kier alpha value is -0.900. The summed E-state index contributed by atoms with van der Waals surface area (Å²) in [6.07, 6.45) is 3.84. The summed E-state index contributed by atoms with van der Waals surface area (Å²) >= 11 is 1.88. The molecule has 2 rings (SSSR count). The minimum Gasteiger partial charge on any atom is -0.469 e. The molecule has 1 aliphatic rings. The highest BCUT2D eigenvalue weighted by molar-refractivity contribution is 8.14. The van der Waals surface area contributed by atoms with Crippen molar-refractivity contribution in [2.75, 3.05) is 13.1 Å².